The van der Waals surface area contributed by atoms with Crippen molar-refractivity contribution in [3.63, 3.8) is 0 Å². The van der Waals surface area contributed by atoms with Gasteiger partial charge in [0.2, 0.25) is 5.91 Å². The highest BCUT2D eigenvalue weighted by atomic mass is 19.1. The van der Waals surface area contributed by atoms with Gasteiger partial charge >= 0.3 is 0 Å². The highest BCUT2D eigenvalue weighted by Crippen LogP contribution is 2.15. The number of nitrogens with one attached hydrogen (secondary N) is 2. The van der Waals surface area contributed by atoms with Crippen LogP contribution in [0.4, 0.5) is 10.1 Å². The van der Waals surface area contributed by atoms with Gasteiger partial charge in [0, 0.05) is 17.4 Å². The van der Waals surface area contributed by atoms with E-state index in [0.717, 1.165) is 11.4 Å². The Labute approximate surface area is 135 Å². The predicted octanol–water partition coefficient (Wildman–Crippen LogP) is 2.56. The Kier molecular flexibility index (Phi) is 5.50. The molecule has 0 fully saturated rings. The fraction of sp³-hybridized carbons (Fsp3) is 0.412. The fourth-order valence-corrected chi connectivity index (χ4v) is 2.41. The van der Waals surface area contributed by atoms with Crippen LogP contribution in [0, 0.1) is 26.6 Å². The normalized spacial score (nSPS) is 12.2. The Bertz CT molecular complexity index is 696. The molecule has 1 atom stereocenters. The zero-order valence-corrected chi connectivity index (χ0v) is 14.0. The van der Waals surface area contributed by atoms with Gasteiger partial charge in [-0.05, 0) is 57.5 Å². The van der Waals surface area contributed by atoms with Gasteiger partial charge in [-0.2, -0.15) is 5.10 Å². The van der Waals surface area contributed by atoms with Crippen LogP contribution in [0.2, 0.25) is 0 Å². The van der Waals surface area contributed by atoms with Crippen LogP contribution in [0.3, 0.4) is 0 Å². The maximum Gasteiger partial charge on any atom is 0.238 e. The minimum absolute atomic E-state index is 0.105. The van der Waals surface area contributed by atoms with E-state index >= 15 is 0 Å². The van der Waals surface area contributed by atoms with Crippen molar-refractivity contribution in [1.29, 1.82) is 0 Å². The molecule has 0 radical (unpaired) electrons. The Morgan fingerprint density at radius 2 is 2.04 bits per heavy atom. The lowest BCUT2D eigenvalue weighted by Crippen LogP contribution is -2.37. The highest BCUT2D eigenvalue weighted by molar-refractivity contribution is 5.92. The molecule has 0 aliphatic carbocycles. The van der Waals surface area contributed by atoms with Crippen LogP contribution in [0.25, 0.3) is 0 Å². The molecule has 0 spiro atoms. The van der Waals surface area contributed by atoms with Crippen molar-refractivity contribution in [3.8, 4) is 0 Å². The number of benzene rings is 1. The maximum absolute atomic E-state index is 13.0. The quantitative estimate of drug-likeness (QED) is 0.860. The molecule has 0 saturated heterocycles. The Hall–Kier alpha value is -2.21. The molecule has 0 unspecified atom stereocenters. The molecule has 2 N–H and O–H groups in total. The van der Waals surface area contributed by atoms with Crippen LogP contribution >= 0.6 is 0 Å². The van der Waals surface area contributed by atoms with Gasteiger partial charge in [-0.15, -0.1) is 0 Å². The third kappa shape index (κ3) is 4.89. The van der Waals surface area contributed by atoms with E-state index in [-0.39, 0.29) is 24.3 Å². The van der Waals surface area contributed by atoms with Gasteiger partial charge in [-0.1, -0.05) is 0 Å². The van der Waals surface area contributed by atoms with Crippen LogP contribution in [0.5, 0.6) is 0 Å². The molecule has 1 aromatic carbocycles. The molecule has 124 valence electrons. The number of nitrogens with zero attached hydrogens (tertiary/aromatic N) is 2. The number of amides is 1. The topological polar surface area (TPSA) is 59.0 Å². The van der Waals surface area contributed by atoms with Crippen molar-refractivity contribution in [2.45, 2.75) is 40.3 Å². The van der Waals surface area contributed by atoms with Crippen molar-refractivity contribution >= 4 is 11.6 Å². The number of rotatable bonds is 6. The maximum atomic E-state index is 13.0. The van der Waals surface area contributed by atoms with E-state index in [9.17, 15) is 9.18 Å². The van der Waals surface area contributed by atoms with Crippen molar-refractivity contribution in [3.05, 3.63) is 47.0 Å². The van der Waals surface area contributed by atoms with E-state index < -0.39 is 0 Å². The SMILES string of the molecule is Cc1cc(C)n(C[C@@H](C)NCC(=O)Nc2ccc(F)cc2C)n1. The van der Waals surface area contributed by atoms with Crippen molar-refractivity contribution < 1.29 is 9.18 Å². The number of carbonyl (C=O) groups excluding carboxylic acids is 1. The third-order valence-corrected chi connectivity index (χ3v) is 3.62. The smallest absolute Gasteiger partial charge is 0.238 e. The molecule has 1 aromatic heterocycles. The van der Waals surface area contributed by atoms with Gasteiger partial charge in [0.15, 0.2) is 0 Å². The highest BCUT2D eigenvalue weighted by Gasteiger charge is 2.10. The van der Waals surface area contributed by atoms with Crippen LogP contribution in [-0.4, -0.2) is 28.3 Å². The van der Waals surface area contributed by atoms with Crippen molar-refractivity contribution in [1.82, 2.24) is 15.1 Å². The lowest BCUT2D eigenvalue weighted by molar-refractivity contribution is -0.115. The first-order valence-electron chi connectivity index (χ1n) is 7.65. The second kappa shape index (κ2) is 7.37. The summed E-state index contributed by atoms with van der Waals surface area (Å²) in [6.45, 7) is 8.63. The van der Waals surface area contributed by atoms with E-state index in [1.54, 1.807) is 13.0 Å². The van der Waals surface area contributed by atoms with E-state index in [1.807, 2.05) is 31.5 Å². The van der Waals surface area contributed by atoms with Crippen LogP contribution in [0.15, 0.2) is 24.3 Å². The molecule has 2 rings (SSSR count). The van der Waals surface area contributed by atoms with Gasteiger partial charge in [0.05, 0.1) is 18.8 Å². The summed E-state index contributed by atoms with van der Waals surface area (Å²) in [5.41, 5.74) is 3.42. The van der Waals surface area contributed by atoms with Crippen molar-refractivity contribution in [2.75, 3.05) is 11.9 Å². The van der Waals surface area contributed by atoms with Crippen LogP contribution in [-0.2, 0) is 11.3 Å². The average molecular weight is 318 g/mol. The minimum Gasteiger partial charge on any atom is -0.325 e. The molecule has 1 amide bonds. The van der Waals surface area contributed by atoms with Crippen LogP contribution in [0.1, 0.15) is 23.9 Å². The largest absolute Gasteiger partial charge is 0.325 e. The average Bonchev–Trinajstić information content (AvgIpc) is 2.78. The lowest BCUT2D eigenvalue weighted by Gasteiger charge is -2.15. The molecule has 0 saturated carbocycles. The molecule has 23 heavy (non-hydrogen) atoms. The summed E-state index contributed by atoms with van der Waals surface area (Å²) >= 11 is 0. The summed E-state index contributed by atoms with van der Waals surface area (Å²) in [4.78, 5) is 12.0. The summed E-state index contributed by atoms with van der Waals surface area (Å²) < 4.78 is 15.0. The molecule has 5 nitrogen and oxygen atoms in total. The standard InChI is InChI=1S/C17H23FN4O/c1-11-7-15(18)5-6-16(11)20-17(23)9-19-13(3)10-22-14(4)8-12(2)21-22/h5-8,13,19H,9-10H2,1-4H3,(H,20,23)/t13-/m1/s1. The molecule has 2 aromatic rings. The van der Waals surface area contributed by atoms with Gasteiger partial charge in [-0.3, -0.25) is 9.48 Å². The number of hydrogen-bond donors (Lipinski definition) is 2. The first kappa shape index (κ1) is 17.1. The molecule has 1 heterocycles. The van der Waals surface area contributed by atoms with Gasteiger partial charge in [-0.25, -0.2) is 4.39 Å². The Morgan fingerprint density at radius 1 is 1.30 bits per heavy atom. The molecular formula is C17H23FN4O. The number of hydrogen-bond acceptors (Lipinski definition) is 3. The Morgan fingerprint density at radius 3 is 2.65 bits per heavy atom. The van der Waals surface area contributed by atoms with Gasteiger partial charge < -0.3 is 10.6 Å². The van der Waals surface area contributed by atoms with E-state index in [0.29, 0.717) is 17.8 Å². The fourth-order valence-electron chi connectivity index (χ4n) is 2.41. The third-order valence-electron chi connectivity index (χ3n) is 3.62. The zero-order chi connectivity index (χ0) is 17.0. The number of carbonyl (C=O) groups is 1. The lowest BCUT2D eigenvalue weighted by atomic mass is 10.2. The first-order valence-corrected chi connectivity index (χ1v) is 7.65. The van der Waals surface area contributed by atoms with E-state index in [1.165, 1.54) is 12.1 Å². The van der Waals surface area contributed by atoms with E-state index in [2.05, 4.69) is 15.7 Å². The van der Waals surface area contributed by atoms with E-state index in [4.69, 9.17) is 0 Å². The monoisotopic (exact) mass is 318 g/mol. The minimum atomic E-state index is -0.308. The molecular weight excluding hydrogens is 295 g/mol. The summed E-state index contributed by atoms with van der Waals surface area (Å²) in [6.07, 6.45) is 0. The Balaban J connectivity index is 1.83. The summed E-state index contributed by atoms with van der Waals surface area (Å²) in [7, 11) is 0. The number of aryl methyl sites for hydroxylation is 3. The zero-order valence-electron chi connectivity index (χ0n) is 14.0. The molecule has 0 bridgehead atoms. The molecule has 6 heteroatoms. The summed E-state index contributed by atoms with van der Waals surface area (Å²) in [5.74, 6) is -0.461. The van der Waals surface area contributed by atoms with Gasteiger partial charge in [0.25, 0.3) is 0 Å². The molecule has 0 aliphatic rings. The first-order chi connectivity index (χ1) is 10.8. The summed E-state index contributed by atoms with van der Waals surface area (Å²) in [5, 5.41) is 10.4. The van der Waals surface area contributed by atoms with Crippen LogP contribution < -0.4 is 10.6 Å². The number of aromatic nitrogens is 2. The number of anilines is 1. The molecule has 0 aliphatic heterocycles. The predicted molar refractivity (Wildman–Crippen MR) is 88.9 cm³/mol. The second-order valence-electron chi connectivity index (χ2n) is 5.90. The second-order valence-corrected chi connectivity index (χ2v) is 5.90. The van der Waals surface area contributed by atoms with Crippen molar-refractivity contribution in [2.24, 2.45) is 0 Å². The number of halogens is 1. The van der Waals surface area contributed by atoms with Gasteiger partial charge in [0.1, 0.15) is 5.82 Å². The summed E-state index contributed by atoms with van der Waals surface area (Å²) in [6, 6.07) is 6.43.